The number of allylic oxidation sites excluding steroid dienone is 3. The van der Waals surface area contributed by atoms with Crippen molar-refractivity contribution in [1.29, 1.82) is 0 Å². The van der Waals surface area contributed by atoms with Crippen molar-refractivity contribution in [3.63, 3.8) is 0 Å². The van der Waals surface area contributed by atoms with Gasteiger partial charge in [-0.05, 0) is 80.3 Å². The maximum Gasteiger partial charge on any atom is 0.269 e. The van der Waals surface area contributed by atoms with Crippen LogP contribution in [0.4, 0.5) is 5.69 Å². The highest BCUT2D eigenvalue weighted by Gasteiger charge is 2.26. The zero-order chi connectivity index (χ0) is 33.6. The van der Waals surface area contributed by atoms with Crippen LogP contribution in [0.3, 0.4) is 0 Å². The number of halogens is 1. The van der Waals surface area contributed by atoms with Gasteiger partial charge in [-0.1, -0.05) is 83.2 Å². The predicted molar refractivity (Wildman–Crippen MR) is 209 cm³/mol. The quantitative estimate of drug-likeness (QED) is 0.162. The first-order chi connectivity index (χ1) is 23.9. The fourth-order valence-corrected chi connectivity index (χ4v) is 10.1. The molecule has 0 unspecified atom stereocenters. The minimum absolute atomic E-state index is 0.0224. The third-order valence-electron chi connectivity index (χ3n) is 8.84. The molecule has 0 spiro atoms. The minimum atomic E-state index is 0.0224. The number of para-hydroxylation sites is 1. The smallest absolute Gasteiger partial charge is 0.269 e. The first-order valence-corrected chi connectivity index (χ1v) is 19.2. The molecule has 4 heterocycles. The van der Waals surface area contributed by atoms with Gasteiger partial charge in [-0.15, -0.1) is 11.3 Å². The van der Waals surface area contributed by atoms with Crippen LogP contribution in [0.5, 0.6) is 5.75 Å². The standard InChI is InChI=1S/C40H33ClN3O2S3/c1-4-42-31-23-27(41)16-18-33(31)47-38(42)24-28-21-26(29-12-9-10-14-32(29)46-28)22-37-44(6-3)40(45)35(49-37)19-20-36-43(5-2)39-30-13-8-7-11-25(30)15-17-34(39)48-36/h7-24H,4-6H2,1-3H3/q+1/b35-19+,36-20?. The molecular formula is C40H33ClN3O2S3+. The lowest BCUT2D eigenvalue weighted by molar-refractivity contribution is -0.665. The summed E-state index contributed by atoms with van der Waals surface area (Å²) >= 11 is 11.3. The summed E-state index contributed by atoms with van der Waals surface area (Å²) in [6, 6.07) is 27.0. The number of hydrogen-bond donors (Lipinski definition) is 0. The van der Waals surface area contributed by atoms with E-state index in [0.29, 0.717) is 11.1 Å². The van der Waals surface area contributed by atoms with Gasteiger partial charge < -0.3 is 9.64 Å². The molecule has 2 aliphatic heterocycles. The Hall–Kier alpha value is -4.34. The van der Waals surface area contributed by atoms with Crippen LogP contribution in [-0.2, 0) is 13.1 Å². The summed E-state index contributed by atoms with van der Waals surface area (Å²) in [5.41, 5.74) is 4.37. The highest BCUT2D eigenvalue weighted by Crippen LogP contribution is 2.49. The Morgan fingerprint density at radius 3 is 2.57 bits per heavy atom. The average molecular weight is 719 g/mol. The number of aromatic nitrogens is 2. The first-order valence-electron chi connectivity index (χ1n) is 16.4. The monoisotopic (exact) mass is 718 g/mol. The average Bonchev–Trinajstić information content (AvgIpc) is 3.76. The summed E-state index contributed by atoms with van der Waals surface area (Å²) in [5, 5.41) is 5.41. The number of hydrogen-bond acceptors (Lipinski definition) is 6. The lowest BCUT2D eigenvalue weighted by atomic mass is 10.0. The first kappa shape index (κ1) is 31.9. The van der Waals surface area contributed by atoms with Gasteiger partial charge in [-0.3, -0.25) is 9.36 Å². The number of benzene rings is 4. The van der Waals surface area contributed by atoms with Crippen molar-refractivity contribution >= 4 is 96.5 Å². The van der Waals surface area contributed by atoms with Crippen molar-refractivity contribution < 1.29 is 9.30 Å². The number of thioether (sulfide) groups is 1. The lowest BCUT2D eigenvalue weighted by Crippen LogP contribution is -2.33. The predicted octanol–water partition coefficient (Wildman–Crippen LogP) is 8.81. The topological polar surface area (TPSA) is 38.4 Å². The van der Waals surface area contributed by atoms with E-state index in [2.05, 4.69) is 96.1 Å². The summed E-state index contributed by atoms with van der Waals surface area (Å²) in [5.74, 6) is 1.53. The molecule has 0 fully saturated rings. The second-order valence-corrected chi connectivity index (χ2v) is 15.3. The van der Waals surface area contributed by atoms with Crippen LogP contribution in [0, 0.1) is 0 Å². The highest BCUT2D eigenvalue weighted by molar-refractivity contribution is 8.03. The molecule has 0 atom stereocenters. The van der Waals surface area contributed by atoms with Gasteiger partial charge in [0.05, 0.1) is 26.0 Å². The van der Waals surface area contributed by atoms with Crippen LogP contribution < -0.4 is 29.0 Å². The fraction of sp³-hybridized carbons (Fsp3) is 0.150. The van der Waals surface area contributed by atoms with Crippen LogP contribution >= 0.6 is 46.0 Å². The molecule has 49 heavy (non-hydrogen) atoms. The molecular weight excluding hydrogens is 686 g/mol. The Morgan fingerprint density at radius 2 is 1.73 bits per heavy atom. The highest BCUT2D eigenvalue weighted by atomic mass is 35.5. The molecule has 4 aromatic carbocycles. The van der Waals surface area contributed by atoms with Gasteiger partial charge in [-0.25, -0.2) is 0 Å². The molecule has 0 bridgehead atoms. The van der Waals surface area contributed by atoms with Gasteiger partial charge in [0.1, 0.15) is 22.8 Å². The Kier molecular flexibility index (Phi) is 8.58. The van der Waals surface area contributed by atoms with Gasteiger partial charge in [-0.2, -0.15) is 4.57 Å². The number of fused-ring (bicyclic) bond motifs is 5. The van der Waals surface area contributed by atoms with Crippen LogP contribution in [-0.4, -0.2) is 11.1 Å². The van der Waals surface area contributed by atoms with Gasteiger partial charge in [0.25, 0.3) is 10.6 Å². The minimum Gasteiger partial charge on any atom is -0.456 e. The molecule has 6 aromatic rings. The van der Waals surface area contributed by atoms with E-state index >= 15 is 0 Å². The van der Waals surface area contributed by atoms with Crippen molar-refractivity contribution in [1.82, 2.24) is 4.57 Å². The molecule has 2 aromatic heterocycles. The number of anilines is 1. The lowest BCUT2D eigenvalue weighted by Gasteiger charge is -2.19. The van der Waals surface area contributed by atoms with Crippen LogP contribution in [0.25, 0.3) is 44.8 Å². The van der Waals surface area contributed by atoms with Gasteiger partial charge in [0.2, 0.25) is 5.52 Å². The molecule has 0 saturated heterocycles. The molecule has 9 heteroatoms. The molecule has 2 aliphatic rings. The maximum absolute atomic E-state index is 13.7. The molecule has 0 N–H and O–H groups in total. The van der Waals surface area contributed by atoms with Gasteiger partial charge in [0, 0.05) is 40.0 Å². The Bertz CT molecular complexity index is 2570. The number of ether oxygens (including phenoxy) is 1. The molecule has 0 aliphatic carbocycles. The Morgan fingerprint density at radius 1 is 0.898 bits per heavy atom. The zero-order valence-electron chi connectivity index (χ0n) is 27.3. The van der Waals surface area contributed by atoms with E-state index in [1.165, 1.54) is 37.4 Å². The molecule has 0 saturated carbocycles. The zero-order valence-corrected chi connectivity index (χ0v) is 30.5. The Labute approximate surface area is 301 Å². The van der Waals surface area contributed by atoms with Crippen molar-refractivity contribution in [2.24, 2.45) is 0 Å². The Balaban J connectivity index is 1.21. The van der Waals surface area contributed by atoms with E-state index in [1.807, 2.05) is 47.9 Å². The molecule has 244 valence electrons. The second kappa shape index (κ2) is 13.2. The van der Waals surface area contributed by atoms with Crippen molar-refractivity contribution in [3.8, 4) is 5.75 Å². The normalized spacial score (nSPS) is 16.6. The number of nitrogens with zero attached hydrogens (tertiary/aromatic N) is 3. The van der Waals surface area contributed by atoms with Gasteiger partial charge in [0.15, 0.2) is 0 Å². The van der Waals surface area contributed by atoms with E-state index in [-0.39, 0.29) is 5.56 Å². The van der Waals surface area contributed by atoms with E-state index in [9.17, 15) is 4.79 Å². The SMILES string of the molecule is CCN1C(=C/C=c2/sc(=CC3=CC(=Cc4sc5ccc(Cl)cc5[n+]4CC)Oc4ccccc43)n(CC)c2=O)Sc2ccc3ccccc3c21. The van der Waals surface area contributed by atoms with Crippen molar-refractivity contribution in [2.75, 3.05) is 11.4 Å². The van der Waals surface area contributed by atoms with E-state index in [4.69, 9.17) is 16.3 Å². The molecule has 5 nitrogen and oxygen atoms in total. The summed E-state index contributed by atoms with van der Waals surface area (Å²) in [4.78, 5) is 17.3. The summed E-state index contributed by atoms with van der Waals surface area (Å²) in [6.07, 6.45) is 10.4. The summed E-state index contributed by atoms with van der Waals surface area (Å²) < 4.78 is 13.3. The third-order valence-corrected chi connectivity index (χ3v) is 12.4. The van der Waals surface area contributed by atoms with E-state index < -0.39 is 0 Å². The number of rotatable bonds is 6. The van der Waals surface area contributed by atoms with E-state index in [0.717, 1.165) is 61.0 Å². The second-order valence-electron chi connectivity index (χ2n) is 11.7. The van der Waals surface area contributed by atoms with Crippen LogP contribution in [0.2, 0.25) is 5.02 Å². The van der Waals surface area contributed by atoms with Crippen LogP contribution in [0.15, 0.2) is 111 Å². The third kappa shape index (κ3) is 5.76. The maximum atomic E-state index is 13.7. The number of thiazole rings is 2. The van der Waals surface area contributed by atoms with Crippen LogP contribution in [0.1, 0.15) is 31.3 Å². The molecule has 0 radical (unpaired) electrons. The van der Waals surface area contributed by atoms with Crippen molar-refractivity contribution in [3.05, 3.63) is 137 Å². The summed E-state index contributed by atoms with van der Waals surface area (Å²) in [7, 11) is 0. The molecule has 0 amide bonds. The van der Waals surface area contributed by atoms with Crippen molar-refractivity contribution in [2.45, 2.75) is 38.8 Å². The van der Waals surface area contributed by atoms with Gasteiger partial charge >= 0.3 is 0 Å². The van der Waals surface area contributed by atoms with E-state index in [1.54, 1.807) is 23.1 Å². The largest absolute Gasteiger partial charge is 0.456 e. The summed E-state index contributed by atoms with van der Waals surface area (Å²) in [6.45, 7) is 8.56. The fourth-order valence-electron chi connectivity index (χ4n) is 6.55. The number of aryl methyl sites for hydroxylation is 1. The molecule has 8 rings (SSSR count).